The smallest absolute Gasteiger partial charge is 0.220 e. The van der Waals surface area contributed by atoms with Gasteiger partial charge < -0.3 is 134 Å². The number of likely N-dealkylation sites (N-methyl/N-ethyl adjacent to an activating group) is 13. The van der Waals surface area contributed by atoms with Crippen molar-refractivity contribution in [3.05, 3.63) is 101 Å². The van der Waals surface area contributed by atoms with E-state index in [0.29, 0.717) is 24.7 Å². The summed E-state index contributed by atoms with van der Waals surface area (Å²) in [5, 5.41) is 16.3. The molecule has 36 nitrogen and oxygen atoms in total. The van der Waals surface area contributed by atoms with Gasteiger partial charge in [0, 0.05) is 220 Å². The van der Waals surface area contributed by atoms with E-state index in [1.165, 1.54) is 134 Å². The van der Waals surface area contributed by atoms with Gasteiger partial charge in [0.15, 0.2) is 11.6 Å². The number of nitrogens with zero attached hydrogens (tertiary/aromatic N) is 26. The van der Waals surface area contributed by atoms with Gasteiger partial charge in [-0.15, -0.1) is 10.2 Å². The predicted molar refractivity (Wildman–Crippen MR) is 622 cm³/mol. The molecule has 0 saturated carbocycles. The van der Waals surface area contributed by atoms with E-state index in [2.05, 4.69) is 439 Å². The molecule has 6 aromatic rings. The van der Waals surface area contributed by atoms with Crippen molar-refractivity contribution in [2.75, 3.05) is 476 Å². The van der Waals surface area contributed by atoms with Crippen molar-refractivity contribution in [1.29, 1.82) is 0 Å². The lowest BCUT2D eigenvalue weighted by atomic mass is 10.2. The zero-order valence-corrected chi connectivity index (χ0v) is 101. The lowest BCUT2D eigenvalue weighted by Crippen LogP contribution is -2.39. The van der Waals surface area contributed by atoms with Crippen molar-refractivity contribution < 1.29 is 14.2 Å². The van der Waals surface area contributed by atoms with E-state index in [0.717, 1.165) is 197 Å². The minimum atomic E-state index is 0.525. The van der Waals surface area contributed by atoms with E-state index < -0.39 is 0 Å². The Morgan fingerprint density at radius 1 is 0.315 bits per heavy atom. The number of hydrogen-bond acceptors (Lipinski definition) is 33. The van der Waals surface area contributed by atoms with Crippen molar-refractivity contribution in [2.45, 2.75) is 95.5 Å². The highest BCUT2D eigenvalue weighted by Crippen LogP contribution is 2.17. The fourth-order valence-electron chi connectivity index (χ4n) is 12.1. The van der Waals surface area contributed by atoms with Crippen molar-refractivity contribution in [1.82, 2.24) is 149 Å². The number of aromatic nitrogens is 10. The summed E-state index contributed by atoms with van der Waals surface area (Å²) in [6, 6.07) is 21.4. The van der Waals surface area contributed by atoms with Crippen LogP contribution in [0.3, 0.4) is 0 Å². The number of aromatic amines is 4. The Morgan fingerprint density at radius 3 is 0.909 bits per heavy atom. The Labute approximate surface area is 882 Å². The molecule has 0 spiro atoms. The molecule has 0 bridgehead atoms. The fraction of sp³-hybridized carbons (Fsp3) is 0.792. The van der Waals surface area contributed by atoms with E-state index in [1.807, 2.05) is 53.3 Å². The average molecular weight is 2040 g/mol. The van der Waals surface area contributed by atoms with E-state index >= 15 is 0 Å². The Kier molecular flexibility index (Phi) is 100. The number of hydrogen-bond donors (Lipinski definition) is 7. The molecule has 4 heterocycles. The molecular formula is C106H227N33O3S. The van der Waals surface area contributed by atoms with Crippen LogP contribution in [-0.4, -0.2) is 615 Å². The van der Waals surface area contributed by atoms with Crippen LogP contribution in [0.15, 0.2) is 60.7 Å². The molecule has 6 rings (SSSR count). The minimum Gasteiger partial charge on any atom is -0.383 e. The maximum Gasteiger partial charge on any atom is 0.220 e. The van der Waals surface area contributed by atoms with Crippen LogP contribution >= 0.6 is 11.8 Å². The molecule has 0 aliphatic heterocycles. The van der Waals surface area contributed by atoms with Crippen molar-refractivity contribution in [3.63, 3.8) is 0 Å². The number of nitrogens with one attached hydrogen (secondary N) is 5. The largest absolute Gasteiger partial charge is 0.383 e. The molecule has 0 aliphatic carbocycles. The highest BCUT2D eigenvalue weighted by atomic mass is 32.2. The molecule has 2 aromatic carbocycles. The third-order valence-electron chi connectivity index (χ3n) is 22.2. The first-order chi connectivity index (χ1) is 67.7. The summed E-state index contributed by atoms with van der Waals surface area (Å²) in [6.45, 7) is 65.5. The second kappa shape index (κ2) is 98.3. The summed E-state index contributed by atoms with van der Waals surface area (Å²) < 4.78 is 15.2. The highest BCUT2D eigenvalue weighted by Gasteiger charge is 2.15. The minimum absolute atomic E-state index is 0.525. The maximum absolute atomic E-state index is 5.37. The molecule has 0 amide bonds. The van der Waals surface area contributed by atoms with E-state index in [4.69, 9.17) is 25.7 Å². The molecule has 840 valence electrons. The molecule has 9 N–H and O–H groups in total. The first kappa shape index (κ1) is 146. The molecular weight excluding hydrogens is 1820 g/mol. The molecule has 4 aromatic heterocycles. The number of anilines is 1. The average Bonchev–Trinajstić information content (AvgIpc) is 1.68. The van der Waals surface area contributed by atoms with Gasteiger partial charge >= 0.3 is 0 Å². The number of H-pyrrole nitrogens is 4. The van der Waals surface area contributed by atoms with Crippen LogP contribution in [0, 0.1) is 41.5 Å². The van der Waals surface area contributed by atoms with Crippen molar-refractivity contribution >= 4 is 17.4 Å². The summed E-state index contributed by atoms with van der Waals surface area (Å²) in [4.78, 5) is 69.4. The first-order valence-electron chi connectivity index (χ1n) is 52.4. The van der Waals surface area contributed by atoms with Crippen LogP contribution in [0.2, 0.25) is 0 Å². The standard InChI is InChI=1S/C15H27N3.C14H25N3.C14H33N3.C11H27N3.C10H14N4.C9H23N3.C8H20N2O.C8H20N2S.C7H17NO2.C6H8N6.C4H13N3/c1-16(2)10-12-18(13-11-17(3)4)14-15-8-6-5-7-9-15;1-15(2)10-12-17(13-11-16(3)4)14-8-6-5-7-9-14;1-6-15(7-2)11-13-17(10-5)14-12-16(8-3)9-4;1-12(2)8-6-10-14(5)11-7-9-13(3)4;1-5-6(2)12-9(11-5)10-13-7(3)8(4)14-10;1-10(2)6-8-12(5)9-7-11(3)4;2*1-9(2)5-7-11-8-6-10(3)4;1-8(4-6-9-2)5-7-10-3;1-3-7-5(11-9-3)6-8-4(2)10-12-6;5-1-3-7-4-2-6/h5-9H,10-14H2,1-4H3;5-9H,10-13H2,1-4H3;6-14H2,1-5H3;6-11H2,1-5H3;1-4H3,(H,11,12)(H,13,14);6-9H2,1-5H3;2*5-8H2,1-4H3;4-7H2,1-3H3;1-2H3,(H,7,9,11)(H,8,10,12);7H,1-6H2. The second-order valence-electron chi connectivity index (χ2n) is 39.4. The number of para-hydroxylation sites is 1. The van der Waals surface area contributed by atoms with Crippen molar-refractivity contribution in [3.8, 4) is 23.3 Å². The number of ether oxygens (including phenoxy) is 3. The van der Waals surface area contributed by atoms with Gasteiger partial charge in [-0.05, 0) is 321 Å². The second-order valence-corrected chi connectivity index (χ2v) is 40.7. The number of rotatable bonds is 64. The van der Waals surface area contributed by atoms with E-state index in [-0.39, 0.29) is 0 Å². The molecule has 37 heteroatoms. The Hall–Kier alpha value is -5.71. The fourth-order valence-corrected chi connectivity index (χ4v) is 13.3. The van der Waals surface area contributed by atoms with Gasteiger partial charge in [-0.2, -0.15) is 11.8 Å². The van der Waals surface area contributed by atoms with Gasteiger partial charge in [0.2, 0.25) is 11.6 Å². The lowest BCUT2D eigenvalue weighted by Gasteiger charge is -2.27. The topological polar surface area (TPSA) is 297 Å². The summed E-state index contributed by atoms with van der Waals surface area (Å²) in [6.07, 6.45) is 2.54. The monoisotopic (exact) mass is 2040 g/mol. The number of aryl methyl sites for hydroxylation is 6. The predicted octanol–water partition coefficient (Wildman–Crippen LogP) is 8.00. The van der Waals surface area contributed by atoms with Crippen LogP contribution in [-0.2, 0) is 20.8 Å². The summed E-state index contributed by atoms with van der Waals surface area (Å²) in [7, 11) is 60.5. The van der Waals surface area contributed by atoms with Crippen LogP contribution in [0.5, 0.6) is 0 Å². The Balaban J connectivity index is -0.000000492. The number of benzene rings is 2. The molecule has 0 aliphatic rings. The van der Waals surface area contributed by atoms with Gasteiger partial charge in [0.05, 0.1) is 37.8 Å². The molecule has 143 heavy (non-hydrogen) atoms. The Morgan fingerprint density at radius 2 is 0.615 bits per heavy atom. The SMILES string of the molecule is CCN(CC)CCN(CC)CCN(CC)CC.CN(C)CCCN(C)CCCN(C)C.CN(C)CCN(C)CCN(C)C.CN(C)CCN(CCN(C)C)Cc1ccccc1.CN(C)CCN(CCN(C)C)c1ccccc1.CN(C)CCOCCN(C)C.CN(C)CCSCCN(C)C.COCCN(C)CCOC.Cc1nc(-c2n[nH]c(C)n2)n[nH]1.Cc1nc(-c2nc(C)c(C)[nH]2)[nH]c1C.NCCNCCN. The third-order valence-corrected chi connectivity index (χ3v) is 23.1. The van der Waals surface area contributed by atoms with Crippen molar-refractivity contribution in [2.24, 2.45) is 11.5 Å². The van der Waals surface area contributed by atoms with E-state index in [9.17, 15) is 0 Å². The summed E-state index contributed by atoms with van der Waals surface area (Å²) in [5.74, 6) is 6.70. The zero-order chi connectivity index (χ0) is 109. The van der Waals surface area contributed by atoms with E-state index in [1.54, 1.807) is 14.2 Å². The highest BCUT2D eigenvalue weighted by molar-refractivity contribution is 7.99. The van der Waals surface area contributed by atoms with Gasteiger partial charge in [-0.25, -0.2) is 19.9 Å². The molecule has 0 atom stereocenters. The molecule has 0 radical (unpaired) electrons. The number of methoxy groups -OCH3 is 2. The molecule has 0 saturated heterocycles. The molecule has 0 unspecified atom stereocenters. The zero-order valence-electron chi connectivity index (χ0n) is 99.8. The maximum atomic E-state index is 5.37. The van der Waals surface area contributed by atoms with Crippen LogP contribution in [0.1, 0.15) is 87.4 Å². The van der Waals surface area contributed by atoms with Crippen LogP contribution < -0.4 is 21.7 Å². The summed E-state index contributed by atoms with van der Waals surface area (Å²) >= 11 is 2.03. The van der Waals surface area contributed by atoms with Crippen LogP contribution in [0.25, 0.3) is 23.3 Å². The van der Waals surface area contributed by atoms with Gasteiger partial charge in [-0.1, -0.05) is 83.1 Å². The van der Waals surface area contributed by atoms with Gasteiger partial charge in [-0.3, -0.25) is 15.1 Å². The number of imidazole rings is 2. The van der Waals surface area contributed by atoms with Crippen LogP contribution in [0.4, 0.5) is 5.69 Å². The van der Waals surface area contributed by atoms with Gasteiger partial charge in [0.25, 0.3) is 0 Å². The number of nitrogens with two attached hydrogens (primary N) is 2. The normalized spacial score (nSPS) is 11.3. The third kappa shape index (κ3) is 98.1. The molecule has 0 fully saturated rings. The number of thioether (sulfide) groups is 1. The first-order valence-corrected chi connectivity index (χ1v) is 53.5. The summed E-state index contributed by atoms with van der Waals surface area (Å²) in [5.41, 5.74) is 17.3. The Bertz CT molecular complexity index is 3340. The van der Waals surface area contributed by atoms with Gasteiger partial charge in [0.1, 0.15) is 11.6 Å². The lowest BCUT2D eigenvalue weighted by molar-refractivity contribution is 0.104. The quantitative estimate of drug-likeness (QED) is 0.0178.